The van der Waals surface area contributed by atoms with Crippen molar-refractivity contribution in [2.75, 3.05) is 0 Å². The molecule has 1 aromatic rings. The molecule has 0 saturated carbocycles. The van der Waals surface area contributed by atoms with E-state index in [-0.39, 0.29) is 5.91 Å². The standard InChI is InChI=1S/C12H17N3O/c1-6-12(4,5)13-11(16)10-8-9(3)14-15(10)7-2/h1,8H,7H2,2-5H3,(H,13,16). The van der Waals surface area contributed by atoms with Crippen molar-refractivity contribution >= 4 is 5.91 Å². The first-order valence-electron chi connectivity index (χ1n) is 5.24. The van der Waals surface area contributed by atoms with E-state index in [1.807, 2.05) is 13.8 Å². The van der Waals surface area contributed by atoms with Crippen LogP contribution in [0.25, 0.3) is 0 Å². The van der Waals surface area contributed by atoms with Crippen molar-refractivity contribution in [2.24, 2.45) is 0 Å². The molecule has 1 N–H and O–H groups in total. The number of hydrogen-bond donors (Lipinski definition) is 1. The lowest BCUT2D eigenvalue weighted by atomic mass is 10.1. The zero-order valence-electron chi connectivity index (χ0n) is 10.2. The molecule has 0 aliphatic rings. The molecule has 0 bridgehead atoms. The van der Waals surface area contributed by atoms with Gasteiger partial charge in [-0.2, -0.15) is 5.10 Å². The summed E-state index contributed by atoms with van der Waals surface area (Å²) < 4.78 is 1.66. The minimum absolute atomic E-state index is 0.189. The largest absolute Gasteiger partial charge is 0.335 e. The van der Waals surface area contributed by atoms with Crippen molar-refractivity contribution in [3.63, 3.8) is 0 Å². The van der Waals surface area contributed by atoms with Crippen LogP contribution in [-0.4, -0.2) is 21.2 Å². The summed E-state index contributed by atoms with van der Waals surface area (Å²) in [5.41, 5.74) is 0.724. The van der Waals surface area contributed by atoms with Gasteiger partial charge in [0.15, 0.2) is 0 Å². The highest BCUT2D eigenvalue weighted by Gasteiger charge is 2.20. The molecule has 0 spiro atoms. The van der Waals surface area contributed by atoms with Crippen LogP contribution in [0.5, 0.6) is 0 Å². The predicted molar refractivity (Wildman–Crippen MR) is 63.0 cm³/mol. The van der Waals surface area contributed by atoms with Gasteiger partial charge in [0.25, 0.3) is 5.91 Å². The monoisotopic (exact) mass is 219 g/mol. The summed E-state index contributed by atoms with van der Waals surface area (Å²) in [4.78, 5) is 11.9. The number of carbonyl (C=O) groups excluding carboxylic acids is 1. The third kappa shape index (κ3) is 2.63. The van der Waals surface area contributed by atoms with Gasteiger partial charge in [0.05, 0.1) is 11.2 Å². The van der Waals surface area contributed by atoms with Crippen molar-refractivity contribution in [3.05, 3.63) is 17.5 Å². The normalized spacial score (nSPS) is 10.9. The number of aryl methyl sites for hydroxylation is 2. The summed E-state index contributed by atoms with van der Waals surface area (Å²) in [7, 11) is 0. The Morgan fingerprint density at radius 2 is 2.31 bits per heavy atom. The van der Waals surface area contributed by atoms with Crippen molar-refractivity contribution in [3.8, 4) is 12.3 Å². The summed E-state index contributed by atoms with van der Waals surface area (Å²) >= 11 is 0. The molecule has 0 aromatic carbocycles. The van der Waals surface area contributed by atoms with Crippen LogP contribution < -0.4 is 5.32 Å². The van der Waals surface area contributed by atoms with Crippen LogP contribution in [0.15, 0.2) is 6.07 Å². The van der Waals surface area contributed by atoms with Crippen LogP contribution in [0.3, 0.4) is 0 Å². The Labute approximate surface area is 96.0 Å². The maximum atomic E-state index is 11.9. The second kappa shape index (κ2) is 4.40. The quantitative estimate of drug-likeness (QED) is 0.780. The summed E-state index contributed by atoms with van der Waals surface area (Å²) in [6.07, 6.45) is 5.32. The maximum absolute atomic E-state index is 11.9. The van der Waals surface area contributed by atoms with E-state index in [1.54, 1.807) is 24.6 Å². The number of terminal acetylenes is 1. The Hall–Kier alpha value is -1.76. The first-order chi connectivity index (χ1) is 7.39. The summed E-state index contributed by atoms with van der Waals surface area (Å²) in [5, 5.41) is 6.98. The van der Waals surface area contributed by atoms with Gasteiger partial charge in [-0.3, -0.25) is 9.48 Å². The number of aromatic nitrogens is 2. The van der Waals surface area contributed by atoms with E-state index in [2.05, 4.69) is 16.3 Å². The molecular weight excluding hydrogens is 202 g/mol. The van der Waals surface area contributed by atoms with E-state index in [1.165, 1.54) is 0 Å². The third-order valence-corrected chi connectivity index (χ3v) is 2.22. The highest BCUT2D eigenvalue weighted by molar-refractivity contribution is 5.93. The topological polar surface area (TPSA) is 46.9 Å². The molecule has 1 rings (SSSR count). The Morgan fingerprint density at radius 1 is 1.69 bits per heavy atom. The minimum Gasteiger partial charge on any atom is -0.335 e. The van der Waals surface area contributed by atoms with Crippen LogP contribution in [0.2, 0.25) is 0 Å². The average molecular weight is 219 g/mol. The summed E-state index contributed by atoms with van der Waals surface area (Å²) in [6, 6.07) is 1.76. The number of hydrogen-bond acceptors (Lipinski definition) is 2. The molecule has 0 saturated heterocycles. The molecule has 0 atom stereocenters. The van der Waals surface area contributed by atoms with Crippen LogP contribution in [0.4, 0.5) is 0 Å². The Kier molecular flexibility index (Phi) is 3.38. The van der Waals surface area contributed by atoms with Crippen molar-refractivity contribution < 1.29 is 4.79 Å². The fourth-order valence-electron chi connectivity index (χ4n) is 1.35. The van der Waals surface area contributed by atoms with Crippen molar-refractivity contribution in [2.45, 2.75) is 39.8 Å². The fourth-order valence-corrected chi connectivity index (χ4v) is 1.35. The molecule has 86 valence electrons. The molecule has 1 amide bonds. The zero-order valence-corrected chi connectivity index (χ0v) is 10.2. The second-order valence-electron chi connectivity index (χ2n) is 4.21. The van der Waals surface area contributed by atoms with Gasteiger partial charge in [0.1, 0.15) is 5.69 Å². The van der Waals surface area contributed by atoms with Gasteiger partial charge in [0, 0.05) is 6.54 Å². The summed E-state index contributed by atoms with van der Waals surface area (Å²) in [5.74, 6) is 2.34. The first kappa shape index (κ1) is 12.3. The number of rotatable bonds is 3. The molecule has 0 aliphatic heterocycles. The van der Waals surface area contributed by atoms with Gasteiger partial charge in [0.2, 0.25) is 0 Å². The van der Waals surface area contributed by atoms with Crippen LogP contribution >= 0.6 is 0 Å². The van der Waals surface area contributed by atoms with E-state index in [4.69, 9.17) is 6.42 Å². The summed E-state index contributed by atoms with van der Waals surface area (Å²) in [6.45, 7) is 8.02. The maximum Gasteiger partial charge on any atom is 0.270 e. The molecule has 0 unspecified atom stereocenters. The van der Waals surface area contributed by atoms with Crippen LogP contribution in [-0.2, 0) is 6.54 Å². The zero-order chi connectivity index (χ0) is 12.3. The van der Waals surface area contributed by atoms with E-state index in [0.29, 0.717) is 12.2 Å². The van der Waals surface area contributed by atoms with E-state index < -0.39 is 5.54 Å². The second-order valence-corrected chi connectivity index (χ2v) is 4.21. The Bertz CT molecular complexity index is 438. The smallest absolute Gasteiger partial charge is 0.270 e. The number of nitrogens with zero attached hydrogens (tertiary/aromatic N) is 2. The fraction of sp³-hybridized carbons (Fsp3) is 0.500. The number of carbonyl (C=O) groups is 1. The highest BCUT2D eigenvalue weighted by Crippen LogP contribution is 2.07. The third-order valence-electron chi connectivity index (χ3n) is 2.22. The van der Waals surface area contributed by atoms with Crippen LogP contribution in [0, 0.1) is 19.3 Å². The van der Waals surface area contributed by atoms with Crippen LogP contribution in [0.1, 0.15) is 37.0 Å². The molecule has 4 nitrogen and oxygen atoms in total. The Balaban J connectivity index is 2.93. The molecular formula is C12H17N3O. The van der Waals surface area contributed by atoms with Gasteiger partial charge in [-0.05, 0) is 33.8 Å². The lowest BCUT2D eigenvalue weighted by molar-refractivity contribution is 0.0919. The van der Waals surface area contributed by atoms with Gasteiger partial charge >= 0.3 is 0 Å². The molecule has 0 fully saturated rings. The predicted octanol–water partition coefficient (Wildman–Crippen LogP) is 1.35. The molecule has 1 heterocycles. The first-order valence-corrected chi connectivity index (χ1v) is 5.24. The van der Waals surface area contributed by atoms with E-state index in [9.17, 15) is 4.79 Å². The number of nitrogens with one attached hydrogen (secondary N) is 1. The average Bonchev–Trinajstić information content (AvgIpc) is 2.59. The van der Waals surface area contributed by atoms with E-state index >= 15 is 0 Å². The number of amides is 1. The molecule has 16 heavy (non-hydrogen) atoms. The van der Waals surface area contributed by atoms with Gasteiger partial charge in [-0.1, -0.05) is 5.92 Å². The lowest BCUT2D eigenvalue weighted by Crippen LogP contribution is -2.42. The molecule has 1 aromatic heterocycles. The molecule has 4 heteroatoms. The highest BCUT2D eigenvalue weighted by atomic mass is 16.2. The van der Waals surface area contributed by atoms with E-state index in [0.717, 1.165) is 5.69 Å². The molecule has 0 radical (unpaired) electrons. The minimum atomic E-state index is -0.645. The lowest BCUT2D eigenvalue weighted by Gasteiger charge is -2.19. The van der Waals surface area contributed by atoms with Crippen molar-refractivity contribution in [1.29, 1.82) is 0 Å². The van der Waals surface area contributed by atoms with Gasteiger partial charge < -0.3 is 5.32 Å². The van der Waals surface area contributed by atoms with Gasteiger partial charge in [-0.15, -0.1) is 6.42 Å². The Morgan fingerprint density at radius 3 is 2.81 bits per heavy atom. The van der Waals surface area contributed by atoms with Crippen molar-refractivity contribution in [1.82, 2.24) is 15.1 Å². The molecule has 0 aliphatic carbocycles. The SMILES string of the molecule is C#CC(C)(C)NC(=O)c1cc(C)nn1CC. The van der Waals surface area contributed by atoms with Gasteiger partial charge in [-0.25, -0.2) is 0 Å².